The number of sulfone groups is 1. The van der Waals surface area contributed by atoms with Crippen LogP contribution in [0, 0.1) is 5.92 Å². The predicted molar refractivity (Wildman–Crippen MR) is 67.9 cm³/mol. The van der Waals surface area contributed by atoms with Crippen LogP contribution in [0.2, 0.25) is 0 Å². The monoisotopic (exact) mass is 272 g/mol. The zero-order valence-corrected chi connectivity index (χ0v) is 11.7. The Balaban J connectivity index is 2.17. The molecule has 102 valence electrons. The van der Waals surface area contributed by atoms with E-state index in [1.165, 1.54) is 6.20 Å². The fourth-order valence-corrected chi connectivity index (χ4v) is 3.32. The topological polar surface area (TPSA) is 72.2 Å². The normalized spacial score (nSPS) is 29.4. The van der Waals surface area contributed by atoms with Gasteiger partial charge in [-0.3, -0.25) is 0 Å². The number of aromatic nitrogens is 2. The molecule has 1 N–H and O–H groups in total. The highest BCUT2D eigenvalue weighted by atomic mass is 32.2. The second-order valence-corrected chi connectivity index (χ2v) is 7.43. The molecule has 0 atom stereocenters. The van der Waals surface area contributed by atoms with Gasteiger partial charge in [0, 0.05) is 18.6 Å². The van der Waals surface area contributed by atoms with Crippen LogP contribution in [0.5, 0.6) is 0 Å². The maximum Gasteiger partial charge on any atom is 0.227 e. The highest BCUT2D eigenvalue weighted by Crippen LogP contribution is 2.33. The van der Waals surface area contributed by atoms with Crippen molar-refractivity contribution in [3.8, 4) is 0 Å². The lowest BCUT2D eigenvalue weighted by atomic mass is 9.79. The Kier molecular flexibility index (Phi) is 3.51. The number of nitrogens with zero attached hydrogens (tertiary/aromatic N) is 2. The van der Waals surface area contributed by atoms with Crippen LogP contribution < -0.4 is 0 Å². The highest BCUT2D eigenvalue weighted by Gasteiger charge is 2.33. The van der Waals surface area contributed by atoms with E-state index in [0.717, 1.165) is 31.9 Å². The van der Waals surface area contributed by atoms with Gasteiger partial charge in [-0.2, -0.15) is 0 Å². The second kappa shape index (κ2) is 4.66. The molecule has 1 fully saturated rings. The molecule has 1 saturated carbocycles. The van der Waals surface area contributed by atoms with Crippen molar-refractivity contribution >= 4 is 9.84 Å². The Labute approximate surface area is 108 Å². The summed E-state index contributed by atoms with van der Waals surface area (Å²) in [6, 6.07) is 0. The van der Waals surface area contributed by atoms with E-state index in [1.54, 1.807) is 10.8 Å². The summed E-state index contributed by atoms with van der Waals surface area (Å²) in [5, 5.41) is 10.5. The molecule has 1 aliphatic rings. The smallest absolute Gasteiger partial charge is 0.227 e. The van der Waals surface area contributed by atoms with Gasteiger partial charge in [0.15, 0.2) is 0 Å². The van der Waals surface area contributed by atoms with Gasteiger partial charge < -0.3 is 9.67 Å². The minimum absolute atomic E-state index is 0.0366. The van der Waals surface area contributed by atoms with Crippen LogP contribution >= 0.6 is 0 Å². The van der Waals surface area contributed by atoms with Gasteiger partial charge >= 0.3 is 0 Å². The van der Waals surface area contributed by atoms with E-state index in [2.05, 4.69) is 11.9 Å². The maximum atomic E-state index is 11.5. The summed E-state index contributed by atoms with van der Waals surface area (Å²) >= 11 is 0. The van der Waals surface area contributed by atoms with Crippen LogP contribution in [0.3, 0.4) is 0 Å². The van der Waals surface area contributed by atoms with E-state index in [4.69, 9.17) is 0 Å². The minimum atomic E-state index is -3.34. The van der Waals surface area contributed by atoms with E-state index in [1.807, 2.05) is 0 Å². The first kappa shape index (κ1) is 13.5. The Morgan fingerprint density at radius 1 is 1.50 bits per heavy atom. The fraction of sp³-hybridized carbons (Fsp3) is 0.750. The fourth-order valence-electron chi connectivity index (χ4n) is 2.52. The standard InChI is InChI=1S/C12H20N2O3S/c1-10-3-5-12(15,6-4-10)9-14-8-7-13-11(14)18(2,16)17/h7-8,10,15H,3-6,9H2,1-2H3. The van der Waals surface area contributed by atoms with Crippen molar-refractivity contribution in [2.24, 2.45) is 5.92 Å². The zero-order valence-electron chi connectivity index (χ0n) is 10.8. The number of hydrogen-bond acceptors (Lipinski definition) is 4. The summed E-state index contributed by atoms with van der Waals surface area (Å²) < 4.78 is 24.6. The van der Waals surface area contributed by atoms with Crippen molar-refractivity contribution in [3.63, 3.8) is 0 Å². The summed E-state index contributed by atoms with van der Waals surface area (Å²) in [4.78, 5) is 3.86. The first-order valence-electron chi connectivity index (χ1n) is 6.24. The third kappa shape index (κ3) is 2.92. The summed E-state index contributed by atoms with van der Waals surface area (Å²) in [5.74, 6) is 0.641. The first-order chi connectivity index (χ1) is 8.30. The number of aliphatic hydroxyl groups is 1. The molecule has 1 aromatic rings. The molecule has 1 heterocycles. The molecule has 0 spiro atoms. The minimum Gasteiger partial charge on any atom is -0.388 e. The van der Waals surface area contributed by atoms with Gasteiger partial charge in [-0.05, 0) is 31.6 Å². The lowest BCUT2D eigenvalue weighted by molar-refractivity contribution is -0.0236. The average molecular weight is 272 g/mol. The van der Waals surface area contributed by atoms with E-state index < -0.39 is 15.4 Å². The molecule has 18 heavy (non-hydrogen) atoms. The molecule has 0 bridgehead atoms. The molecule has 0 radical (unpaired) electrons. The molecule has 6 heteroatoms. The van der Waals surface area contributed by atoms with Gasteiger partial charge in [0.25, 0.3) is 0 Å². The summed E-state index contributed by atoms with van der Waals surface area (Å²) in [7, 11) is -3.34. The van der Waals surface area contributed by atoms with Gasteiger partial charge in [0.05, 0.1) is 12.1 Å². The van der Waals surface area contributed by atoms with E-state index in [9.17, 15) is 13.5 Å². The highest BCUT2D eigenvalue weighted by molar-refractivity contribution is 7.90. The van der Waals surface area contributed by atoms with Crippen LogP contribution in [0.25, 0.3) is 0 Å². The van der Waals surface area contributed by atoms with E-state index in [0.29, 0.717) is 12.5 Å². The molecular weight excluding hydrogens is 252 g/mol. The van der Waals surface area contributed by atoms with Crippen LogP contribution in [-0.4, -0.2) is 34.9 Å². The van der Waals surface area contributed by atoms with Crippen LogP contribution in [0.4, 0.5) is 0 Å². The molecule has 5 nitrogen and oxygen atoms in total. The van der Waals surface area contributed by atoms with E-state index in [-0.39, 0.29) is 5.16 Å². The number of imidazole rings is 1. The predicted octanol–water partition coefficient (Wildman–Crippen LogP) is 1.23. The Hall–Kier alpha value is -0.880. The third-order valence-electron chi connectivity index (χ3n) is 3.68. The molecule has 1 aliphatic carbocycles. The van der Waals surface area contributed by atoms with Crippen molar-refractivity contribution < 1.29 is 13.5 Å². The van der Waals surface area contributed by atoms with Crippen LogP contribution in [0.15, 0.2) is 17.6 Å². The summed E-state index contributed by atoms with van der Waals surface area (Å²) in [6.45, 7) is 2.49. The summed E-state index contributed by atoms with van der Waals surface area (Å²) in [6.07, 6.45) is 7.63. The molecule has 0 amide bonds. The first-order valence-corrected chi connectivity index (χ1v) is 8.13. The Morgan fingerprint density at radius 3 is 2.67 bits per heavy atom. The average Bonchev–Trinajstić information content (AvgIpc) is 2.70. The Bertz CT molecular complexity index is 513. The molecular formula is C12H20N2O3S. The lowest BCUT2D eigenvalue weighted by Crippen LogP contribution is -2.38. The number of rotatable bonds is 3. The van der Waals surface area contributed by atoms with Crippen LogP contribution in [0.1, 0.15) is 32.6 Å². The third-order valence-corrected chi connectivity index (χ3v) is 4.68. The van der Waals surface area contributed by atoms with Gasteiger partial charge in [-0.1, -0.05) is 6.92 Å². The SMILES string of the molecule is CC1CCC(O)(Cn2ccnc2S(C)(=O)=O)CC1. The number of hydrogen-bond donors (Lipinski definition) is 1. The molecule has 2 rings (SSSR count). The van der Waals surface area contributed by atoms with Gasteiger partial charge in [0.2, 0.25) is 15.0 Å². The summed E-state index contributed by atoms with van der Waals surface area (Å²) in [5.41, 5.74) is -0.799. The maximum absolute atomic E-state index is 11.5. The quantitative estimate of drug-likeness (QED) is 0.898. The van der Waals surface area contributed by atoms with Crippen LogP contribution in [-0.2, 0) is 16.4 Å². The zero-order chi connectivity index (χ0) is 13.4. The largest absolute Gasteiger partial charge is 0.388 e. The second-order valence-electron chi connectivity index (χ2n) is 5.52. The molecule has 0 unspecified atom stereocenters. The molecule has 0 aromatic carbocycles. The molecule has 0 aliphatic heterocycles. The van der Waals surface area contributed by atoms with Gasteiger partial charge in [0.1, 0.15) is 0 Å². The van der Waals surface area contributed by atoms with Crippen molar-refractivity contribution in [2.75, 3.05) is 6.26 Å². The van der Waals surface area contributed by atoms with Crippen molar-refractivity contribution in [1.29, 1.82) is 0 Å². The van der Waals surface area contributed by atoms with Gasteiger partial charge in [-0.15, -0.1) is 0 Å². The van der Waals surface area contributed by atoms with Gasteiger partial charge in [-0.25, -0.2) is 13.4 Å². The lowest BCUT2D eigenvalue weighted by Gasteiger charge is -2.35. The van der Waals surface area contributed by atoms with Crippen molar-refractivity contribution in [2.45, 2.75) is 49.9 Å². The van der Waals surface area contributed by atoms with Crippen molar-refractivity contribution in [1.82, 2.24) is 9.55 Å². The van der Waals surface area contributed by atoms with Crippen molar-refractivity contribution in [3.05, 3.63) is 12.4 Å². The molecule has 1 aromatic heterocycles. The molecule has 0 saturated heterocycles. The van der Waals surface area contributed by atoms with E-state index >= 15 is 0 Å². The Morgan fingerprint density at radius 2 is 2.11 bits per heavy atom.